The van der Waals surface area contributed by atoms with Crippen LogP contribution in [0.4, 0.5) is 5.69 Å². The predicted octanol–water partition coefficient (Wildman–Crippen LogP) is 4.31. The van der Waals surface area contributed by atoms with Gasteiger partial charge in [-0.1, -0.05) is 30.0 Å². The van der Waals surface area contributed by atoms with E-state index in [9.17, 15) is 4.79 Å². The Morgan fingerprint density at radius 2 is 2.04 bits per heavy atom. The molecular weight excluding hydrogens is 346 g/mol. The van der Waals surface area contributed by atoms with E-state index in [1.165, 1.54) is 11.8 Å². The highest BCUT2D eigenvalue weighted by atomic mass is 32.2. The molecule has 1 aromatic heterocycles. The molecule has 134 valence electrons. The number of aromatic nitrogens is 2. The van der Waals surface area contributed by atoms with E-state index in [1.807, 2.05) is 73.1 Å². The van der Waals surface area contributed by atoms with Crippen LogP contribution in [0.1, 0.15) is 12.5 Å². The number of imidazole rings is 1. The number of aryl methyl sites for hydroxylation is 1. The standard InChI is InChI=1S/C20H21N3O2S/c1-14-6-4-7-16(12-14)22-19(24)15(2)26-20-21-10-11-23(20)17-8-5-9-18(13-17)25-3/h4-13,15H,1-3H3,(H,22,24). The first-order chi connectivity index (χ1) is 12.6. The summed E-state index contributed by atoms with van der Waals surface area (Å²) in [6.45, 7) is 3.87. The van der Waals surface area contributed by atoms with E-state index in [0.717, 1.165) is 27.8 Å². The van der Waals surface area contributed by atoms with Gasteiger partial charge in [-0.25, -0.2) is 4.98 Å². The average Bonchev–Trinajstić information content (AvgIpc) is 3.10. The topological polar surface area (TPSA) is 56.2 Å². The number of anilines is 1. The van der Waals surface area contributed by atoms with Gasteiger partial charge in [0.15, 0.2) is 5.16 Å². The third kappa shape index (κ3) is 4.26. The average molecular weight is 367 g/mol. The Balaban J connectivity index is 1.73. The third-order valence-electron chi connectivity index (χ3n) is 3.88. The molecule has 3 aromatic rings. The van der Waals surface area contributed by atoms with Crippen LogP contribution in [0.25, 0.3) is 5.69 Å². The normalized spacial score (nSPS) is 11.8. The minimum absolute atomic E-state index is 0.0548. The molecule has 1 atom stereocenters. The molecule has 1 amide bonds. The molecule has 1 heterocycles. The highest BCUT2D eigenvalue weighted by Gasteiger charge is 2.18. The molecule has 0 saturated heterocycles. The second kappa shape index (κ2) is 8.10. The van der Waals surface area contributed by atoms with Crippen LogP contribution in [0.2, 0.25) is 0 Å². The quantitative estimate of drug-likeness (QED) is 0.660. The van der Waals surface area contributed by atoms with Crippen LogP contribution in [0.15, 0.2) is 66.1 Å². The highest BCUT2D eigenvalue weighted by molar-refractivity contribution is 8.00. The second-order valence-corrected chi connectivity index (χ2v) is 7.21. The lowest BCUT2D eigenvalue weighted by Gasteiger charge is -2.14. The number of rotatable bonds is 6. The molecule has 0 aliphatic rings. The van der Waals surface area contributed by atoms with Gasteiger partial charge in [0.05, 0.1) is 18.0 Å². The number of nitrogens with one attached hydrogen (secondary N) is 1. The van der Waals surface area contributed by atoms with Gasteiger partial charge in [0, 0.05) is 24.1 Å². The summed E-state index contributed by atoms with van der Waals surface area (Å²) in [5.41, 5.74) is 2.85. The lowest BCUT2D eigenvalue weighted by molar-refractivity contribution is -0.115. The fourth-order valence-corrected chi connectivity index (χ4v) is 3.40. The number of methoxy groups -OCH3 is 1. The number of thioether (sulfide) groups is 1. The maximum absolute atomic E-state index is 12.5. The molecule has 3 rings (SSSR count). The van der Waals surface area contributed by atoms with E-state index in [-0.39, 0.29) is 11.2 Å². The van der Waals surface area contributed by atoms with Crippen molar-refractivity contribution in [1.29, 1.82) is 0 Å². The lowest BCUT2D eigenvalue weighted by Crippen LogP contribution is -2.22. The van der Waals surface area contributed by atoms with E-state index < -0.39 is 0 Å². The van der Waals surface area contributed by atoms with Crippen LogP contribution >= 0.6 is 11.8 Å². The van der Waals surface area contributed by atoms with Crippen LogP contribution < -0.4 is 10.1 Å². The summed E-state index contributed by atoms with van der Waals surface area (Å²) < 4.78 is 7.23. The minimum Gasteiger partial charge on any atom is -0.497 e. The van der Waals surface area contributed by atoms with Gasteiger partial charge in [-0.3, -0.25) is 9.36 Å². The summed E-state index contributed by atoms with van der Waals surface area (Å²) >= 11 is 1.42. The molecule has 0 saturated carbocycles. The van der Waals surface area contributed by atoms with Crippen molar-refractivity contribution in [2.45, 2.75) is 24.3 Å². The largest absolute Gasteiger partial charge is 0.497 e. The van der Waals surface area contributed by atoms with Gasteiger partial charge in [-0.05, 0) is 43.7 Å². The molecule has 26 heavy (non-hydrogen) atoms. The SMILES string of the molecule is COc1cccc(-n2ccnc2SC(C)C(=O)Nc2cccc(C)c2)c1. The molecule has 1 unspecified atom stereocenters. The van der Waals surface area contributed by atoms with E-state index in [4.69, 9.17) is 4.74 Å². The van der Waals surface area contributed by atoms with Crippen molar-refractivity contribution in [3.05, 3.63) is 66.5 Å². The molecular formula is C20H21N3O2S. The molecule has 6 heteroatoms. The van der Waals surface area contributed by atoms with Gasteiger partial charge >= 0.3 is 0 Å². The molecule has 0 radical (unpaired) electrons. The van der Waals surface area contributed by atoms with Crippen LogP contribution in [0.3, 0.4) is 0 Å². The summed E-state index contributed by atoms with van der Waals surface area (Å²) in [4.78, 5) is 16.9. The van der Waals surface area contributed by atoms with E-state index >= 15 is 0 Å². The van der Waals surface area contributed by atoms with E-state index in [0.29, 0.717) is 0 Å². The first-order valence-corrected chi connectivity index (χ1v) is 9.17. The molecule has 5 nitrogen and oxygen atoms in total. The predicted molar refractivity (Wildman–Crippen MR) is 105 cm³/mol. The van der Waals surface area contributed by atoms with Crippen molar-refractivity contribution in [3.8, 4) is 11.4 Å². The summed E-state index contributed by atoms with van der Waals surface area (Å²) in [6.07, 6.45) is 3.61. The Labute approximate surface area is 157 Å². The Kier molecular flexibility index (Phi) is 5.63. The number of benzene rings is 2. The molecule has 0 spiro atoms. The van der Waals surface area contributed by atoms with Crippen molar-refractivity contribution < 1.29 is 9.53 Å². The molecule has 0 bridgehead atoms. The Morgan fingerprint density at radius 1 is 1.23 bits per heavy atom. The van der Waals surface area contributed by atoms with Gasteiger partial charge in [-0.15, -0.1) is 0 Å². The highest BCUT2D eigenvalue weighted by Crippen LogP contribution is 2.27. The Bertz CT molecular complexity index is 907. The number of hydrogen-bond acceptors (Lipinski definition) is 4. The van der Waals surface area contributed by atoms with Crippen LogP contribution in [-0.4, -0.2) is 27.8 Å². The van der Waals surface area contributed by atoms with Crippen LogP contribution in [0, 0.1) is 6.92 Å². The molecule has 2 aromatic carbocycles. The number of hydrogen-bond donors (Lipinski definition) is 1. The number of ether oxygens (including phenoxy) is 1. The summed E-state index contributed by atoms with van der Waals surface area (Å²) in [7, 11) is 1.64. The molecule has 1 N–H and O–H groups in total. The number of amides is 1. The third-order valence-corrected chi connectivity index (χ3v) is 4.96. The van der Waals surface area contributed by atoms with Crippen molar-refractivity contribution in [3.63, 3.8) is 0 Å². The zero-order chi connectivity index (χ0) is 18.5. The Hall–Kier alpha value is -2.73. The zero-order valence-corrected chi connectivity index (χ0v) is 15.8. The number of carbonyl (C=O) groups is 1. The van der Waals surface area contributed by atoms with Crippen molar-refractivity contribution >= 4 is 23.4 Å². The minimum atomic E-state index is -0.290. The second-order valence-electron chi connectivity index (χ2n) is 5.90. The lowest BCUT2D eigenvalue weighted by atomic mass is 10.2. The van der Waals surface area contributed by atoms with Crippen molar-refractivity contribution in [1.82, 2.24) is 9.55 Å². The van der Waals surface area contributed by atoms with Gasteiger partial charge in [0.2, 0.25) is 5.91 Å². The smallest absolute Gasteiger partial charge is 0.237 e. The zero-order valence-electron chi connectivity index (χ0n) is 15.0. The molecule has 0 aliphatic carbocycles. The monoisotopic (exact) mass is 367 g/mol. The maximum Gasteiger partial charge on any atom is 0.237 e. The first kappa shape index (κ1) is 18.1. The van der Waals surface area contributed by atoms with Crippen LogP contribution in [-0.2, 0) is 4.79 Å². The van der Waals surface area contributed by atoms with Crippen molar-refractivity contribution in [2.24, 2.45) is 0 Å². The van der Waals surface area contributed by atoms with E-state index in [1.54, 1.807) is 13.3 Å². The Morgan fingerprint density at radius 3 is 2.81 bits per heavy atom. The molecule has 0 fully saturated rings. The van der Waals surface area contributed by atoms with Crippen LogP contribution in [0.5, 0.6) is 5.75 Å². The summed E-state index contributed by atoms with van der Waals surface area (Å²) in [5, 5.41) is 3.42. The van der Waals surface area contributed by atoms with Gasteiger partial charge < -0.3 is 10.1 Å². The fourth-order valence-electron chi connectivity index (χ4n) is 2.51. The summed E-state index contributed by atoms with van der Waals surface area (Å²) in [6, 6.07) is 15.5. The van der Waals surface area contributed by atoms with Gasteiger partial charge in [0.25, 0.3) is 0 Å². The number of carbonyl (C=O) groups excluding carboxylic acids is 1. The maximum atomic E-state index is 12.5. The van der Waals surface area contributed by atoms with Crippen molar-refractivity contribution in [2.75, 3.05) is 12.4 Å². The molecule has 0 aliphatic heterocycles. The number of nitrogens with zero attached hydrogens (tertiary/aromatic N) is 2. The summed E-state index contributed by atoms with van der Waals surface area (Å²) in [5.74, 6) is 0.721. The fraction of sp³-hybridized carbons (Fsp3) is 0.200. The van der Waals surface area contributed by atoms with Gasteiger partial charge in [0.1, 0.15) is 5.75 Å². The van der Waals surface area contributed by atoms with Gasteiger partial charge in [-0.2, -0.15) is 0 Å². The first-order valence-electron chi connectivity index (χ1n) is 8.29. The van der Waals surface area contributed by atoms with E-state index in [2.05, 4.69) is 10.3 Å².